The molecular weight excluding hydrogens is 258 g/mol. The van der Waals surface area contributed by atoms with Crippen molar-refractivity contribution in [2.24, 2.45) is 11.7 Å². The molecule has 2 N–H and O–H groups in total. The zero-order valence-electron chi connectivity index (χ0n) is 12.4. The normalized spacial score (nSPS) is 22.8. The molecule has 2 atom stereocenters. The fourth-order valence-electron chi connectivity index (χ4n) is 4.19. The topological polar surface area (TPSA) is 43.8 Å². The summed E-state index contributed by atoms with van der Waals surface area (Å²) in [4.78, 5) is 4.33. The summed E-state index contributed by atoms with van der Waals surface area (Å²) in [5.41, 5.74) is 10.6. The van der Waals surface area contributed by atoms with E-state index < -0.39 is 0 Å². The Hall–Kier alpha value is -1.61. The van der Waals surface area contributed by atoms with Crippen molar-refractivity contribution < 1.29 is 0 Å². The summed E-state index contributed by atoms with van der Waals surface area (Å²) in [6.45, 7) is 0. The molecule has 1 aromatic heterocycles. The molecule has 1 aromatic carbocycles. The van der Waals surface area contributed by atoms with E-state index in [1.165, 1.54) is 48.9 Å². The summed E-state index contributed by atoms with van der Waals surface area (Å²) < 4.78 is 2.31. The third-order valence-electron chi connectivity index (χ3n) is 5.35. The van der Waals surface area contributed by atoms with Crippen molar-refractivity contribution >= 4 is 0 Å². The van der Waals surface area contributed by atoms with E-state index in [1.807, 2.05) is 12.5 Å². The molecule has 3 heteroatoms. The lowest BCUT2D eigenvalue weighted by Gasteiger charge is -2.30. The average Bonchev–Trinajstić information content (AvgIpc) is 3.11. The van der Waals surface area contributed by atoms with Crippen LogP contribution in [-0.4, -0.2) is 15.6 Å². The van der Waals surface area contributed by atoms with Gasteiger partial charge in [0.2, 0.25) is 0 Å². The van der Waals surface area contributed by atoms with Crippen LogP contribution in [-0.2, 0) is 0 Å². The highest BCUT2D eigenvalue weighted by Gasteiger charge is 2.31. The lowest BCUT2D eigenvalue weighted by atomic mass is 9.81. The number of nitrogens with two attached hydrogens (primary N) is 1. The lowest BCUT2D eigenvalue weighted by molar-refractivity contribution is 0.280. The van der Waals surface area contributed by atoms with Crippen LogP contribution in [0.5, 0.6) is 0 Å². The molecule has 1 aliphatic carbocycles. The minimum absolute atomic E-state index is 0.303. The van der Waals surface area contributed by atoms with Crippen LogP contribution in [0.2, 0.25) is 0 Å². The summed E-state index contributed by atoms with van der Waals surface area (Å²) in [5, 5.41) is 0. The van der Waals surface area contributed by atoms with Gasteiger partial charge in [0.15, 0.2) is 0 Å². The van der Waals surface area contributed by atoms with E-state index in [2.05, 4.69) is 33.8 Å². The van der Waals surface area contributed by atoms with Gasteiger partial charge in [-0.1, -0.05) is 43.5 Å². The summed E-state index contributed by atoms with van der Waals surface area (Å²) in [7, 11) is 0. The number of imidazole rings is 1. The quantitative estimate of drug-likeness (QED) is 0.931. The van der Waals surface area contributed by atoms with E-state index in [4.69, 9.17) is 5.73 Å². The van der Waals surface area contributed by atoms with E-state index in [0.717, 1.165) is 6.42 Å². The van der Waals surface area contributed by atoms with Crippen molar-refractivity contribution in [3.63, 3.8) is 0 Å². The number of hydrogen-bond acceptors (Lipinski definition) is 2. The van der Waals surface area contributed by atoms with Crippen molar-refractivity contribution in [2.75, 3.05) is 0 Å². The SMILES string of the molecule is N[C@@H](C[C@H]1c2ccccc2-c2cncn21)C1CCCCC1. The van der Waals surface area contributed by atoms with Gasteiger partial charge in [0, 0.05) is 11.6 Å². The molecule has 0 spiro atoms. The Balaban J connectivity index is 1.60. The molecule has 0 amide bonds. The fourth-order valence-corrected chi connectivity index (χ4v) is 4.19. The minimum atomic E-state index is 0.303. The number of hydrogen-bond donors (Lipinski definition) is 1. The van der Waals surface area contributed by atoms with Crippen molar-refractivity contribution in [3.05, 3.63) is 42.4 Å². The second-order valence-corrected chi connectivity index (χ2v) is 6.59. The van der Waals surface area contributed by atoms with Gasteiger partial charge < -0.3 is 10.3 Å². The van der Waals surface area contributed by atoms with Crippen LogP contribution in [0, 0.1) is 5.92 Å². The molecule has 2 aliphatic rings. The predicted octanol–water partition coefficient (Wildman–Crippen LogP) is 3.75. The summed E-state index contributed by atoms with van der Waals surface area (Å²) >= 11 is 0. The van der Waals surface area contributed by atoms with Gasteiger partial charge in [-0.3, -0.25) is 0 Å². The van der Waals surface area contributed by atoms with Crippen LogP contribution in [0.25, 0.3) is 11.3 Å². The Labute approximate surface area is 126 Å². The third-order valence-corrected chi connectivity index (χ3v) is 5.35. The van der Waals surface area contributed by atoms with Gasteiger partial charge in [0.1, 0.15) is 0 Å². The molecule has 0 radical (unpaired) electrons. The number of nitrogens with zero attached hydrogens (tertiary/aromatic N) is 2. The third kappa shape index (κ3) is 2.20. The first kappa shape index (κ1) is 13.1. The van der Waals surface area contributed by atoms with Crippen molar-refractivity contribution in [1.29, 1.82) is 0 Å². The zero-order chi connectivity index (χ0) is 14.2. The van der Waals surface area contributed by atoms with Crippen LogP contribution in [0.4, 0.5) is 0 Å². The van der Waals surface area contributed by atoms with Gasteiger partial charge in [-0.25, -0.2) is 4.98 Å². The van der Waals surface area contributed by atoms with Crippen molar-refractivity contribution in [2.45, 2.75) is 50.6 Å². The van der Waals surface area contributed by atoms with Gasteiger partial charge in [-0.05, 0) is 30.7 Å². The monoisotopic (exact) mass is 281 g/mol. The standard InChI is InChI=1S/C18H23N3/c19-16(13-6-2-1-3-7-13)10-17-14-8-4-5-9-15(14)18-11-20-12-21(17)18/h4-5,8-9,11-13,16-17H,1-3,6-7,10,19H2/t16-,17-/m0/s1. The maximum absolute atomic E-state index is 6.58. The molecule has 110 valence electrons. The number of fused-ring (bicyclic) bond motifs is 3. The fraction of sp³-hybridized carbons (Fsp3) is 0.500. The Kier molecular flexibility index (Phi) is 3.30. The number of rotatable bonds is 3. The van der Waals surface area contributed by atoms with Crippen LogP contribution in [0.15, 0.2) is 36.8 Å². The van der Waals surface area contributed by atoms with E-state index in [1.54, 1.807) is 0 Å². The Bertz CT molecular complexity index is 625. The first-order valence-corrected chi connectivity index (χ1v) is 8.21. The second-order valence-electron chi connectivity index (χ2n) is 6.59. The first-order valence-electron chi connectivity index (χ1n) is 8.21. The van der Waals surface area contributed by atoms with Gasteiger partial charge in [0.05, 0.1) is 24.3 Å². The lowest BCUT2D eigenvalue weighted by Crippen LogP contribution is -2.34. The first-order chi connectivity index (χ1) is 10.3. The number of benzene rings is 1. The summed E-state index contributed by atoms with van der Waals surface area (Å²) in [6.07, 6.45) is 11.7. The zero-order valence-corrected chi connectivity index (χ0v) is 12.4. The summed E-state index contributed by atoms with van der Waals surface area (Å²) in [5.74, 6) is 0.707. The molecule has 1 aliphatic heterocycles. The molecule has 2 heterocycles. The van der Waals surface area contributed by atoms with Crippen LogP contribution >= 0.6 is 0 Å². The highest BCUT2D eigenvalue weighted by atomic mass is 15.1. The molecule has 2 aromatic rings. The Morgan fingerprint density at radius 2 is 2.00 bits per heavy atom. The van der Waals surface area contributed by atoms with Gasteiger partial charge in [-0.2, -0.15) is 0 Å². The van der Waals surface area contributed by atoms with Crippen LogP contribution < -0.4 is 5.73 Å². The van der Waals surface area contributed by atoms with E-state index in [-0.39, 0.29) is 0 Å². The van der Waals surface area contributed by atoms with E-state index in [0.29, 0.717) is 18.0 Å². The molecule has 0 bridgehead atoms. The maximum Gasteiger partial charge on any atom is 0.0956 e. The molecule has 4 rings (SSSR count). The molecule has 3 nitrogen and oxygen atoms in total. The molecule has 1 fully saturated rings. The van der Waals surface area contributed by atoms with Crippen LogP contribution in [0.1, 0.15) is 50.1 Å². The molecule has 0 unspecified atom stereocenters. The van der Waals surface area contributed by atoms with Crippen molar-refractivity contribution in [3.8, 4) is 11.3 Å². The minimum Gasteiger partial charge on any atom is -0.327 e. The second kappa shape index (κ2) is 5.30. The van der Waals surface area contributed by atoms with Gasteiger partial charge in [0.25, 0.3) is 0 Å². The molecule has 1 saturated carbocycles. The highest BCUT2D eigenvalue weighted by Crippen LogP contribution is 2.42. The molecule has 21 heavy (non-hydrogen) atoms. The smallest absolute Gasteiger partial charge is 0.0956 e. The number of aromatic nitrogens is 2. The molecular formula is C18H23N3. The summed E-state index contributed by atoms with van der Waals surface area (Å²) in [6, 6.07) is 9.37. The Morgan fingerprint density at radius 1 is 1.19 bits per heavy atom. The highest BCUT2D eigenvalue weighted by molar-refractivity contribution is 5.68. The maximum atomic E-state index is 6.58. The Morgan fingerprint density at radius 3 is 2.86 bits per heavy atom. The average molecular weight is 281 g/mol. The van der Waals surface area contributed by atoms with Crippen molar-refractivity contribution in [1.82, 2.24) is 9.55 Å². The van der Waals surface area contributed by atoms with E-state index in [9.17, 15) is 0 Å². The molecule has 0 saturated heterocycles. The van der Waals surface area contributed by atoms with E-state index >= 15 is 0 Å². The van der Waals surface area contributed by atoms with Gasteiger partial charge >= 0.3 is 0 Å². The van der Waals surface area contributed by atoms with Crippen LogP contribution in [0.3, 0.4) is 0 Å². The van der Waals surface area contributed by atoms with Gasteiger partial charge in [-0.15, -0.1) is 0 Å². The largest absolute Gasteiger partial charge is 0.327 e. The predicted molar refractivity (Wildman–Crippen MR) is 85.0 cm³/mol.